The van der Waals surface area contributed by atoms with Gasteiger partial charge in [0.2, 0.25) is 18.5 Å². The first-order chi connectivity index (χ1) is 13.5. The summed E-state index contributed by atoms with van der Waals surface area (Å²) < 4.78 is 21.8. The van der Waals surface area contributed by atoms with Crippen LogP contribution in [0, 0.1) is 5.92 Å². The van der Waals surface area contributed by atoms with Gasteiger partial charge in [-0.1, -0.05) is 25.4 Å². The number of benzene rings is 1. The number of nitrogens with one attached hydrogen (secondary N) is 1. The molecule has 1 aliphatic rings. The van der Waals surface area contributed by atoms with Gasteiger partial charge in [0.1, 0.15) is 0 Å². The number of aromatic nitrogens is 2. The fourth-order valence-electron chi connectivity index (χ4n) is 2.91. The summed E-state index contributed by atoms with van der Waals surface area (Å²) in [6.07, 6.45) is 0.406. The van der Waals surface area contributed by atoms with Gasteiger partial charge in [-0.15, -0.1) is 0 Å². The van der Waals surface area contributed by atoms with Crippen molar-refractivity contribution in [3.8, 4) is 22.9 Å². The lowest BCUT2D eigenvalue weighted by molar-refractivity contribution is 0.00427. The Morgan fingerprint density at radius 1 is 1.21 bits per heavy atom. The van der Waals surface area contributed by atoms with E-state index in [1.807, 2.05) is 32.0 Å². The van der Waals surface area contributed by atoms with E-state index in [0.29, 0.717) is 29.8 Å². The van der Waals surface area contributed by atoms with Crippen molar-refractivity contribution in [3.63, 3.8) is 0 Å². The molecule has 8 nitrogen and oxygen atoms in total. The standard InChI is InChI=1S/C20H29N3O5/c1-5-13(4)18(21-9-15(24)10-25-12(2)3)20-22-19(23-28-20)14-6-7-16-17(8-14)27-11-26-16/h6-8,12-13,15,18,21,24H,5,9-11H2,1-4H3/t13-,15+,18-/m0/s1. The minimum atomic E-state index is -0.606. The molecule has 0 saturated heterocycles. The molecule has 2 N–H and O–H groups in total. The minimum Gasteiger partial charge on any atom is -0.454 e. The third-order valence-corrected chi connectivity index (χ3v) is 4.75. The Morgan fingerprint density at radius 2 is 2.00 bits per heavy atom. The molecule has 8 heteroatoms. The molecule has 3 atom stereocenters. The molecule has 2 aromatic rings. The molecule has 0 aliphatic carbocycles. The zero-order valence-electron chi connectivity index (χ0n) is 16.8. The lowest BCUT2D eigenvalue weighted by Gasteiger charge is -2.22. The van der Waals surface area contributed by atoms with Crippen molar-refractivity contribution in [3.05, 3.63) is 24.1 Å². The Bertz CT molecular complexity index is 764. The van der Waals surface area contributed by atoms with Crippen LogP contribution >= 0.6 is 0 Å². The van der Waals surface area contributed by atoms with Gasteiger partial charge in [-0.3, -0.25) is 0 Å². The monoisotopic (exact) mass is 391 g/mol. The largest absolute Gasteiger partial charge is 0.454 e. The molecule has 28 heavy (non-hydrogen) atoms. The number of rotatable bonds is 10. The molecular weight excluding hydrogens is 362 g/mol. The van der Waals surface area contributed by atoms with Crippen molar-refractivity contribution in [2.75, 3.05) is 19.9 Å². The number of aliphatic hydroxyl groups is 1. The Morgan fingerprint density at radius 3 is 2.75 bits per heavy atom. The molecule has 1 aromatic carbocycles. The van der Waals surface area contributed by atoms with Crippen molar-refractivity contribution in [1.29, 1.82) is 0 Å². The lowest BCUT2D eigenvalue weighted by atomic mass is 9.99. The first-order valence-electron chi connectivity index (χ1n) is 9.74. The minimum absolute atomic E-state index is 0.0835. The van der Waals surface area contributed by atoms with Crippen molar-refractivity contribution in [2.24, 2.45) is 5.92 Å². The van der Waals surface area contributed by atoms with Crippen molar-refractivity contribution < 1.29 is 23.8 Å². The second-order valence-corrected chi connectivity index (χ2v) is 7.33. The van der Waals surface area contributed by atoms with E-state index in [4.69, 9.17) is 18.7 Å². The van der Waals surface area contributed by atoms with Crippen LogP contribution in [0.25, 0.3) is 11.4 Å². The summed E-state index contributed by atoms with van der Waals surface area (Å²) in [7, 11) is 0. The maximum atomic E-state index is 10.1. The predicted octanol–water partition coefficient (Wildman–Crippen LogP) is 2.93. The van der Waals surface area contributed by atoms with Gasteiger partial charge in [0.25, 0.3) is 0 Å². The Labute approximate surface area is 165 Å². The van der Waals surface area contributed by atoms with Gasteiger partial charge in [-0.25, -0.2) is 0 Å². The first kappa shape index (κ1) is 20.6. The SMILES string of the molecule is CC[C@H](C)[C@H](NC[C@@H](O)COC(C)C)c1nc(-c2ccc3c(c2)OCO3)no1. The van der Waals surface area contributed by atoms with Crippen LogP contribution in [0.1, 0.15) is 46.0 Å². The molecule has 1 aliphatic heterocycles. The second-order valence-electron chi connectivity index (χ2n) is 7.33. The molecule has 0 radical (unpaired) electrons. The predicted molar refractivity (Wildman–Crippen MR) is 103 cm³/mol. The van der Waals surface area contributed by atoms with Crippen LogP contribution in [0.4, 0.5) is 0 Å². The second kappa shape index (κ2) is 9.36. The first-order valence-corrected chi connectivity index (χ1v) is 9.74. The van der Waals surface area contributed by atoms with Gasteiger partial charge in [0.15, 0.2) is 11.5 Å². The summed E-state index contributed by atoms with van der Waals surface area (Å²) in [5.41, 5.74) is 0.799. The smallest absolute Gasteiger partial charge is 0.244 e. The van der Waals surface area contributed by atoms with Gasteiger partial charge in [-0.2, -0.15) is 4.98 Å². The number of nitrogens with zero attached hydrogens (tertiary/aromatic N) is 2. The molecule has 0 saturated carbocycles. The number of ether oxygens (including phenoxy) is 3. The van der Waals surface area contributed by atoms with E-state index < -0.39 is 6.10 Å². The highest BCUT2D eigenvalue weighted by molar-refractivity contribution is 5.61. The zero-order valence-corrected chi connectivity index (χ0v) is 16.8. The van der Waals surface area contributed by atoms with Gasteiger partial charge in [0.05, 0.1) is 24.9 Å². The lowest BCUT2D eigenvalue weighted by Crippen LogP contribution is -2.36. The van der Waals surface area contributed by atoms with E-state index in [0.717, 1.165) is 12.0 Å². The zero-order chi connectivity index (χ0) is 20.1. The van der Waals surface area contributed by atoms with Gasteiger partial charge in [0, 0.05) is 12.1 Å². The number of hydrogen-bond acceptors (Lipinski definition) is 8. The van der Waals surface area contributed by atoms with Crippen LogP contribution in [0.5, 0.6) is 11.5 Å². The van der Waals surface area contributed by atoms with E-state index in [1.165, 1.54) is 0 Å². The fraction of sp³-hybridized carbons (Fsp3) is 0.600. The van der Waals surface area contributed by atoms with Crippen molar-refractivity contribution >= 4 is 0 Å². The van der Waals surface area contributed by atoms with Gasteiger partial charge < -0.3 is 29.2 Å². The van der Waals surface area contributed by atoms with Crippen LogP contribution in [0.15, 0.2) is 22.7 Å². The van der Waals surface area contributed by atoms with Crippen LogP contribution in [-0.4, -0.2) is 47.4 Å². The normalized spacial score (nSPS) is 16.4. The molecular formula is C20H29N3O5. The van der Waals surface area contributed by atoms with Crippen LogP contribution in [0.2, 0.25) is 0 Å². The van der Waals surface area contributed by atoms with E-state index in [1.54, 1.807) is 0 Å². The number of aliphatic hydroxyl groups excluding tert-OH is 1. The average Bonchev–Trinajstić information content (AvgIpc) is 3.35. The Balaban J connectivity index is 1.69. The van der Waals surface area contributed by atoms with Crippen molar-refractivity contribution in [2.45, 2.75) is 52.4 Å². The third kappa shape index (κ3) is 5.01. The average molecular weight is 391 g/mol. The van der Waals surface area contributed by atoms with Crippen molar-refractivity contribution in [1.82, 2.24) is 15.5 Å². The molecule has 3 rings (SSSR count). The molecule has 0 spiro atoms. The van der Waals surface area contributed by atoms with Crippen LogP contribution in [0.3, 0.4) is 0 Å². The highest BCUT2D eigenvalue weighted by atomic mass is 16.7. The van der Waals surface area contributed by atoms with E-state index >= 15 is 0 Å². The van der Waals surface area contributed by atoms with Gasteiger partial charge >= 0.3 is 0 Å². The summed E-state index contributed by atoms with van der Waals surface area (Å²) in [5, 5.41) is 17.6. The molecule has 1 aromatic heterocycles. The Kier molecular flexibility index (Phi) is 6.88. The molecule has 154 valence electrons. The van der Waals surface area contributed by atoms with Crippen LogP contribution in [-0.2, 0) is 4.74 Å². The molecule has 2 heterocycles. The quantitative estimate of drug-likeness (QED) is 0.638. The summed E-state index contributed by atoms with van der Waals surface area (Å²) in [6.45, 7) is 8.98. The third-order valence-electron chi connectivity index (χ3n) is 4.75. The Hall–Kier alpha value is -2.16. The number of hydrogen-bond donors (Lipinski definition) is 2. The van der Waals surface area contributed by atoms with E-state index in [-0.39, 0.29) is 31.5 Å². The summed E-state index contributed by atoms with van der Waals surface area (Å²) >= 11 is 0. The van der Waals surface area contributed by atoms with Crippen LogP contribution < -0.4 is 14.8 Å². The summed E-state index contributed by atoms with van der Waals surface area (Å²) in [5.74, 6) is 2.63. The van der Waals surface area contributed by atoms with E-state index in [9.17, 15) is 5.11 Å². The molecule has 0 bridgehead atoms. The fourth-order valence-corrected chi connectivity index (χ4v) is 2.91. The highest BCUT2D eigenvalue weighted by Crippen LogP contribution is 2.35. The highest BCUT2D eigenvalue weighted by Gasteiger charge is 2.26. The van der Waals surface area contributed by atoms with E-state index in [2.05, 4.69) is 29.3 Å². The number of fused-ring (bicyclic) bond motifs is 1. The molecule has 0 unspecified atom stereocenters. The summed E-state index contributed by atoms with van der Waals surface area (Å²) in [4.78, 5) is 4.58. The maximum absolute atomic E-state index is 10.1. The molecule has 0 fully saturated rings. The maximum Gasteiger partial charge on any atom is 0.244 e. The van der Waals surface area contributed by atoms with Gasteiger partial charge in [-0.05, 0) is 38.0 Å². The summed E-state index contributed by atoms with van der Waals surface area (Å²) in [6, 6.07) is 5.40. The topological polar surface area (TPSA) is 98.9 Å². The molecule has 0 amide bonds.